The highest BCUT2D eigenvalue weighted by Crippen LogP contribution is 2.51. The zero-order valence-electron chi connectivity index (χ0n) is 15.4. The summed E-state index contributed by atoms with van der Waals surface area (Å²) >= 11 is 2.74. The van der Waals surface area contributed by atoms with Crippen LogP contribution in [-0.2, 0) is 14.4 Å². The molecule has 0 aliphatic carbocycles. The molecule has 2 aromatic heterocycles. The summed E-state index contributed by atoms with van der Waals surface area (Å²) in [5.74, 6) is -1.93. The number of amides is 1. The van der Waals surface area contributed by atoms with Crippen molar-refractivity contribution < 1.29 is 24.6 Å². The van der Waals surface area contributed by atoms with E-state index in [-0.39, 0.29) is 29.3 Å². The maximum atomic E-state index is 12.5. The minimum atomic E-state index is -1.15. The smallest absolute Gasteiger partial charge is 0.352 e. The summed E-state index contributed by atoms with van der Waals surface area (Å²) in [6, 6.07) is -0.347. The van der Waals surface area contributed by atoms with E-state index in [9.17, 15) is 24.6 Å². The number of aliphatic carboxylic acids is 1. The third-order valence-electron chi connectivity index (χ3n) is 5.23. The first kappa shape index (κ1) is 19.2. The van der Waals surface area contributed by atoms with Crippen LogP contribution in [0, 0.1) is 11.8 Å². The Morgan fingerprint density at radius 1 is 1.43 bits per heavy atom. The van der Waals surface area contributed by atoms with Crippen LogP contribution in [0.5, 0.6) is 0 Å². The van der Waals surface area contributed by atoms with Gasteiger partial charge in [-0.05, 0) is 13.8 Å². The van der Waals surface area contributed by atoms with Gasteiger partial charge in [-0.15, -0.1) is 11.3 Å². The number of carbonyl (C=O) groups is 3. The highest BCUT2D eigenvalue weighted by molar-refractivity contribution is 8.00. The van der Waals surface area contributed by atoms with Crippen LogP contribution in [0.4, 0.5) is 0 Å². The number of imidazole rings is 1. The predicted octanol–water partition coefficient (Wildman–Crippen LogP) is 1.73. The lowest BCUT2D eigenvalue weighted by molar-refractivity contribution is -0.163. The molecule has 0 spiro atoms. The second-order valence-electron chi connectivity index (χ2n) is 7.17. The highest BCUT2D eigenvalue weighted by Gasteiger charge is 2.60. The Labute approximate surface area is 168 Å². The van der Waals surface area contributed by atoms with Crippen LogP contribution in [0.25, 0.3) is 10.4 Å². The van der Waals surface area contributed by atoms with Gasteiger partial charge in [-0.1, -0.05) is 18.7 Å². The second kappa shape index (κ2) is 6.71. The number of hydrogen-bond acceptors (Lipinski definition) is 7. The van der Waals surface area contributed by atoms with E-state index in [1.807, 2.05) is 17.5 Å². The number of ketones is 1. The molecule has 10 heteroatoms. The lowest BCUT2D eigenvalue weighted by atomic mass is 9.77. The Hall–Kier alpha value is -2.17. The zero-order valence-corrected chi connectivity index (χ0v) is 17.1. The van der Waals surface area contributed by atoms with Gasteiger partial charge >= 0.3 is 5.97 Å². The third-order valence-corrected chi connectivity index (χ3v) is 7.63. The number of β-lactam (4-membered cyclic amide) rings is 1. The van der Waals surface area contributed by atoms with E-state index in [1.165, 1.54) is 34.9 Å². The van der Waals surface area contributed by atoms with Crippen molar-refractivity contribution in [2.24, 2.45) is 11.8 Å². The lowest BCUT2D eigenvalue weighted by Crippen LogP contribution is -2.63. The Morgan fingerprint density at radius 2 is 2.14 bits per heavy atom. The molecular weight excluding hydrogens is 402 g/mol. The molecule has 28 heavy (non-hydrogen) atoms. The summed E-state index contributed by atoms with van der Waals surface area (Å²) in [4.78, 5) is 42.9. The molecule has 2 N–H and O–H groups in total. The van der Waals surface area contributed by atoms with Crippen LogP contribution in [0.3, 0.4) is 0 Å². The molecule has 2 aromatic rings. The molecule has 1 fully saturated rings. The molecule has 8 nitrogen and oxygen atoms in total. The molecule has 4 rings (SSSR count). The number of thioether (sulfide) groups is 1. The molecule has 0 unspecified atom stereocenters. The van der Waals surface area contributed by atoms with Crippen molar-refractivity contribution in [3.05, 3.63) is 23.1 Å². The van der Waals surface area contributed by atoms with Gasteiger partial charge < -0.3 is 15.1 Å². The minimum absolute atomic E-state index is 0.00481. The fourth-order valence-corrected chi connectivity index (χ4v) is 6.17. The summed E-state index contributed by atoms with van der Waals surface area (Å²) in [6.07, 6.45) is 2.62. The van der Waals surface area contributed by atoms with E-state index in [0.717, 1.165) is 14.7 Å². The Morgan fingerprint density at radius 3 is 2.75 bits per heavy atom. The monoisotopic (exact) mass is 421 g/mol. The minimum Gasteiger partial charge on any atom is -0.477 e. The van der Waals surface area contributed by atoms with E-state index in [1.54, 1.807) is 13.3 Å². The van der Waals surface area contributed by atoms with Gasteiger partial charge in [0.2, 0.25) is 5.91 Å². The number of nitrogens with zero attached hydrogens (tertiary/aromatic N) is 3. The van der Waals surface area contributed by atoms with Crippen molar-refractivity contribution >= 4 is 51.2 Å². The molecule has 148 valence electrons. The van der Waals surface area contributed by atoms with Crippen molar-refractivity contribution in [1.29, 1.82) is 0 Å². The largest absolute Gasteiger partial charge is 0.477 e. The van der Waals surface area contributed by atoms with Gasteiger partial charge in [0, 0.05) is 17.7 Å². The van der Waals surface area contributed by atoms with Crippen molar-refractivity contribution in [1.82, 2.24) is 14.3 Å². The average molecular weight is 422 g/mol. The quantitative estimate of drug-likeness (QED) is 0.540. The lowest BCUT2D eigenvalue weighted by Gasteiger charge is -2.46. The number of thiazole rings is 1. The van der Waals surface area contributed by atoms with Crippen LogP contribution < -0.4 is 0 Å². The van der Waals surface area contributed by atoms with Gasteiger partial charge in [0.15, 0.2) is 0 Å². The van der Waals surface area contributed by atoms with Gasteiger partial charge in [-0.25, -0.2) is 9.78 Å². The predicted molar refractivity (Wildman–Crippen MR) is 104 cm³/mol. The fraction of sp³-hybridized carbons (Fsp3) is 0.444. The van der Waals surface area contributed by atoms with Crippen LogP contribution in [0.2, 0.25) is 0 Å². The Bertz CT molecular complexity index is 1040. The van der Waals surface area contributed by atoms with Crippen molar-refractivity contribution in [3.8, 4) is 0 Å². The van der Waals surface area contributed by atoms with Gasteiger partial charge in [0.1, 0.15) is 27.7 Å². The number of aromatic nitrogens is 2. The maximum absolute atomic E-state index is 12.5. The molecule has 4 atom stereocenters. The number of hydrogen-bond donors (Lipinski definition) is 2. The first-order chi connectivity index (χ1) is 13.2. The van der Waals surface area contributed by atoms with Gasteiger partial charge in [-0.3, -0.25) is 14.0 Å². The van der Waals surface area contributed by atoms with Crippen LogP contribution in [0.15, 0.2) is 23.2 Å². The Kier molecular flexibility index (Phi) is 4.59. The van der Waals surface area contributed by atoms with E-state index in [4.69, 9.17) is 0 Å². The van der Waals surface area contributed by atoms with Crippen LogP contribution >= 0.6 is 23.1 Å². The molecule has 1 amide bonds. The van der Waals surface area contributed by atoms with Crippen LogP contribution in [-0.4, -0.2) is 60.1 Å². The molecule has 2 aliphatic heterocycles. The first-order valence-electron chi connectivity index (χ1n) is 8.80. The summed E-state index contributed by atoms with van der Waals surface area (Å²) in [6.45, 7) is 4.97. The van der Waals surface area contributed by atoms with Crippen LogP contribution in [0.1, 0.15) is 25.6 Å². The number of carbonyl (C=O) groups excluding carboxylic acids is 2. The first-order valence-corrected chi connectivity index (χ1v) is 10.6. The van der Waals surface area contributed by atoms with Gasteiger partial charge in [-0.2, -0.15) is 0 Å². The summed E-state index contributed by atoms with van der Waals surface area (Å²) in [5.41, 5.74) is 0.597. The number of Topliss-reactive ketones (excluding diaryl/α,β-unsaturated/α-hetero) is 1. The number of aliphatic hydroxyl groups is 1. The summed E-state index contributed by atoms with van der Waals surface area (Å²) < 4.78 is 1.81. The normalized spacial score (nSPS) is 25.2. The van der Waals surface area contributed by atoms with E-state index >= 15 is 0 Å². The molecule has 0 saturated carbocycles. The Balaban J connectivity index is 1.76. The molecule has 1 saturated heterocycles. The summed E-state index contributed by atoms with van der Waals surface area (Å²) in [5, 5.41) is 20.5. The maximum Gasteiger partial charge on any atom is 0.352 e. The molecule has 4 heterocycles. The second-order valence-corrected chi connectivity index (χ2v) is 9.16. The van der Waals surface area contributed by atoms with Crippen molar-refractivity contribution in [2.75, 3.05) is 5.75 Å². The third kappa shape index (κ3) is 2.70. The molecule has 0 radical (unpaired) electrons. The number of fused-ring (bicyclic) bond motifs is 2. The fourth-order valence-electron chi connectivity index (χ4n) is 4.06. The van der Waals surface area contributed by atoms with E-state index in [2.05, 4.69) is 4.98 Å². The molecular formula is C18H19N3O5S2. The van der Waals surface area contributed by atoms with Gasteiger partial charge in [0.25, 0.3) is 0 Å². The van der Waals surface area contributed by atoms with Gasteiger partial charge in [0.05, 0.1) is 28.7 Å². The number of carboxylic acid groups (broad SMARTS) is 1. The van der Waals surface area contributed by atoms with Crippen molar-refractivity contribution in [2.45, 2.75) is 37.9 Å². The number of rotatable bonds is 6. The van der Waals surface area contributed by atoms with E-state index in [0.29, 0.717) is 11.3 Å². The van der Waals surface area contributed by atoms with E-state index < -0.39 is 18.0 Å². The zero-order chi connectivity index (χ0) is 20.3. The van der Waals surface area contributed by atoms with Crippen molar-refractivity contribution in [3.63, 3.8) is 0 Å². The standard InChI is InChI=1S/C18H19N3O5S2/c1-7(22)5-27-15-17-20(6-19-15)4-10(28-17)11-8(2)13-12(9(3)23)16(24)21(13)14(11)18(25)26/h4,6,8-9,12-13,23H,5H2,1-3H3,(H,25,26)/t8-,9+,12+,13+/m0/s1. The topological polar surface area (TPSA) is 112 Å². The average Bonchev–Trinajstić information content (AvgIpc) is 3.22. The molecule has 2 aliphatic rings. The molecule has 0 aromatic carbocycles. The highest BCUT2D eigenvalue weighted by atomic mass is 32.2. The number of carboxylic acids is 1. The molecule has 0 bridgehead atoms. The summed E-state index contributed by atoms with van der Waals surface area (Å²) in [7, 11) is 0. The number of aliphatic hydroxyl groups excluding tert-OH is 1. The SMILES string of the molecule is CC(=O)CSc1ncn2cc(C3=C(C(=O)O)N4C(=O)[C@H]([C@@H](C)O)[C@H]4[C@H]3C)sc12.